The van der Waals surface area contributed by atoms with Crippen LogP contribution in [0.1, 0.15) is 31.9 Å². The molecule has 0 saturated carbocycles. The van der Waals surface area contributed by atoms with Crippen LogP contribution < -0.4 is 10.6 Å². The van der Waals surface area contributed by atoms with Gasteiger partial charge >= 0.3 is 0 Å². The molecule has 1 aromatic carbocycles. The first-order valence-corrected chi connectivity index (χ1v) is 7.93. The monoisotopic (exact) mass is 278 g/mol. The van der Waals surface area contributed by atoms with E-state index in [4.69, 9.17) is 0 Å². The molecule has 1 aliphatic heterocycles. The Balaban J connectivity index is 1.98. The van der Waals surface area contributed by atoms with Crippen molar-refractivity contribution >= 4 is 17.7 Å². The molecule has 0 radical (unpaired) electrons. The van der Waals surface area contributed by atoms with E-state index < -0.39 is 0 Å². The van der Waals surface area contributed by atoms with E-state index in [0.29, 0.717) is 0 Å². The fraction of sp³-hybridized carbons (Fsp3) is 0.533. The first kappa shape index (κ1) is 14.4. The highest BCUT2D eigenvalue weighted by atomic mass is 32.2. The summed E-state index contributed by atoms with van der Waals surface area (Å²) in [6.45, 7) is 5.67. The van der Waals surface area contributed by atoms with Crippen LogP contribution in [-0.4, -0.2) is 24.7 Å². The summed E-state index contributed by atoms with van der Waals surface area (Å²) in [5, 5.41) is 6.41. The predicted molar refractivity (Wildman–Crippen MR) is 80.4 cm³/mol. The zero-order valence-corrected chi connectivity index (χ0v) is 12.4. The highest BCUT2D eigenvalue weighted by molar-refractivity contribution is 7.99. The van der Waals surface area contributed by atoms with Gasteiger partial charge in [0.15, 0.2) is 0 Å². The molecule has 0 saturated heterocycles. The SMILES string of the molecule is CCNCC(C)C(=O)NC1CCSc2ccccc21. The second-order valence-corrected chi connectivity index (χ2v) is 6.08. The number of nitrogens with one attached hydrogen (secondary N) is 2. The van der Waals surface area contributed by atoms with Crippen LogP contribution in [0, 0.1) is 5.92 Å². The normalized spacial score (nSPS) is 19.6. The molecule has 2 unspecified atom stereocenters. The van der Waals surface area contributed by atoms with Gasteiger partial charge in [-0.15, -0.1) is 11.8 Å². The van der Waals surface area contributed by atoms with Crippen molar-refractivity contribution in [3.63, 3.8) is 0 Å². The lowest BCUT2D eigenvalue weighted by Gasteiger charge is -2.27. The minimum Gasteiger partial charge on any atom is -0.349 e. The van der Waals surface area contributed by atoms with E-state index in [1.165, 1.54) is 10.5 Å². The van der Waals surface area contributed by atoms with Gasteiger partial charge in [0.25, 0.3) is 0 Å². The van der Waals surface area contributed by atoms with Gasteiger partial charge < -0.3 is 10.6 Å². The van der Waals surface area contributed by atoms with Crippen LogP contribution in [0.2, 0.25) is 0 Å². The van der Waals surface area contributed by atoms with Crippen molar-refractivity contribution in [2.24, 2.45) is 5.92 Å². The Morgan fingerprint density at radius 1 is 1.47 bits per heavy atom. The van der Waals surface area contributed by atoms with Gasteiger partial charge in [-0.2, -0.15) is 0 Å². The number of rotatable bonds is 5. The van der Waals surface area contributed by atoms with Gasteiger partial charge in [-0.3, -0.25) is 4.79 Å². The van der Waals surface area contributed by atoms with Gasteiger partial charge in [0.05, 0.1) is 6.04 Å². The molecule has 0 spiro atoms. The molecule has 1 aliphatic rings. The average Bonchev–Trinajstić information content (AvgIpc) is 2.45. The molecule has 1 amide bonds. The number of amides is 1. The second-order valence-electron chi connectivity index (χ2n) is 4.94. The van der Waals surface area contributed by atoms with Gasteiger partial charge in [-0.1, -0.05) is 32.0 Å². The summed E-state index contributed by atoms with van der Waals surface area (Å²) in [7, 11) is 0. The smallest absolute Gasteiger partial charge is 0.224 e. The van der Waals surface area contributed by atoms with Crippen LogP contribution in [0.25, 0.3) is 0 Å². The standard InChI is InChI=1S/C15H22N2OS/c1-3-16-10-11(2)15(18)17-13-8-9-19-14-7-5-4-6-12(13)14/h4-7,11,13,16H,3,8-10H2,1-2H3,(H,17,18). The summed E-state index contributed by atoms with van der Waals surface area (Å²) in [6, 6.07) is 8.55. The van der Waals surface area contributed by atoms with E-state index in [2.05, 4.69) is 35.8 Å². The van der Waals surface area contributed by atoms with Crippen molar-refractivity contribution in [2.75, 3.05) is 18.8 Å². The third-order valence-corrected chi connectivity index (χ3v) is 4.55. The van der Waals surface area contributed by atoms with E-state index in [0.717, 1.165) is 25.3 Å². The van der Waals surface area contributed by atoms with Gasteiger partial charge in [0.1, 0.15) is 0 Å². The fourth-order valence-corrected chi connectivity index (χ4v) is 3.38. The Bertz CT molecular complexity index is 436. The highest BCUT2D eigenvalue weighted by Crippen LogP contribution is 2.35. The van der Waals surface area contributed by atoms with Gasteiger partial charge in [-0.25, -0.2) is 0 Å². The molecule has 2 rings (SSSR count). The van der Waals surface area contributed by atoms with Crippen molar-refractivity contribution in [1.29, 1.82) is 0 Å². The van der Waals surface area contributed by atoms with Crippen molar-refractivity contribution in [3.05, 3.63) is 29.8 Å². The molecule has 2 atom stereocenters. The number of carbonyl (C=O) groups excluding carboxylic acids is 1. The lowest BCUT2D eigenvalue weighted by atomic mass is 10.0. The summed E-state index contributed by atoms with van der Waals surface area (Å²) in [6.07, 6.45) is 1.02. The minimum absolute atomic E-state index is 0.0155. The molecule has 0 aromatic heterocycles. The zero-order chi connectivity index (χ0) is 13.7. The summed E-state index contributed by atoms with van der Waals surface area (Å²) in [4.78, 5) is 13.5. The molecular weight excluding hydrogens is 256 g/mol. The number of benzene rings is 1. The molecule has 104 valence electrons. The van der Waals surface area contributed by atoms with Crippen LogP contribution >= 0.6 is 11.8 Å². The molecule has 19 heavy (non-hydrogen) atoms. The van der Waals surface area contributed by atoms with Gasteiger partial charge in [0, 0.05) is 23.1 Å². The Morgan fingerprint density at radius 2 is 2.26 bits per heavy atom. The van der Waals surface area contributed by atoms with Crippen molar-refractivity contribution < 1.29 is 4.79 Å². The summed E-state index contributed by atoms with van der Waals surface area (Å²) < 4.78 is 0. The molecular formula is C15H22N2OS. The fourth-order valence-electron chi connectivity index (χ4n) is 2.26. The summed E-state index contributed by atoms with van der Waals surface area (Å²) in [5.74, 6) is 1.23. The number of fused-ring (bicyclic) bond motifs is 1. The third-order valence-electron chi connectivity index (χ3n) is 3.42. The van der Waals surface area contributed by atoms with Gasteiger partial charge in [-0.05, 0) is 24.6 Å². The third kappa shape index (κ3) is 3.74. The van der Waals surface area contributed by atoms with Crippen LogP contribution in [0.15, 0.2) is 29.2 Å². The summed E-state index contributed by atoms with van der Waals surface area (Å²) >= 11 is 1.88. The number of carbonyl (C=O) groups is 1. The van der Waals surface area contributed by atoms with Crippen LogP contribution in [0.4, 0.5) is 0 Å². The van der Waals surface area contributed by atoms with Crippen LogP contribution in [0.5, 0.6) is 0 Å². The second kappa shape index (κ2) is 6.96. The minimum atomic E-state index is 0.0155. The molecule has 0 bridgehead atoms. The lowest BCUT2D eigenvalue weighted by molar-refractivity contribution is -0.125. The first-order chi connectivity index (χ1) is 9.22. The number of hydrogen-bond donors (Lipinski definition) is 2. The van der Waals surface area contributed by atoms with Crippen molar-refractivity contribution in [1.82, 2.24) is 10.6 Å². The maximum atomic E-state index is 12.2. The largest absolute Gasteiger partial charge is 0.349 e. The molecule has 0 aliphatic carbocycles. The number of thioether (sulfide) groups is 1. The average molecular weight is 278 g/mol. The van der Waals surface area contributed by atoms with Gasteiger partial charge in [0.2, 0.25) is 5.91 Å². The quantitative estimate of drug-likeness (QED) is 0.870. The first-order valence-electron chi connectivity index (χ1n) is 6.95. The topological polar surface area (TPSA) is 41.1 Å². The Kier molecular flexibility index (Phi) is 5.28. The summed E-state index contributed by atoms with van der Waals surface area (Å²) in [5.41, 5.74) is 1.27. The maximum absolute atomic E-state index is 12.2. The van der Waals surface area contributed by atoms with Crippen LogP contribution in [-0.2, 0) is 4.79 Å². The highest BCUT2D eigenvalue weighted by Gasteiger charge is 2.23. The van der Waals surface area contributed by atoms with Crippen LogP contribution in [0.3, 0.4) is 0 Å². The molecule has 0 fully saturated rings. The van der Waals surface area contributed by atoms with E-state index in [1.807, 2.05) is 24.8 Å². The Morgan fingerprint density at radius 3 is 3.05 bits per heavy atom. The zero-order valence-electron chi connectivity index (χ0n) is 11.6. The molecule has 2 N–H and O–H groups in total. The predicted octanol–water partition coefficient (Wildman–Crippen LogP) is 2.59. The van der Waals surface area contributed by atoms with E-state index in [1.54, 1.807) is 0 Å². The molecule has 3 nitrogen and oxygen atoms in total. The Labute approximate surface area is 119 Å². The Hall–Kier alpha value is -1.00. The van der Waals surface area contributed by atoms with E-state index in [9.17, 15) is 4.79 Å². The lowest BCUT2D eigenvalue weighted by Crippen LogP contribution is -2.38. The molecule has 1 heterocycles. The maximum Gasteiger partial charge on any atom is 0.224 e. The van der Waals surface area contributed by atoms with E-state index in [-0.39, 0.29) is 17.9 Å². The van der Waals surface area contributed by atoms with E-state index >= 15 is 0 Å². The molecule has 1 aromatic rings. The van der Waals surface area contributed by atoms with Crippen molar-refractivity contribution in [2.45, 2.75) is 31.2 Å². The molecule has 4 heteroatoms. The van der Waals surface area contributed by atoms with Crippen molar-refractivity contribution in [3.8, 4) is 0 Å². The number of hydrogen-bond acceptors (Lipinski definition) is 3.